The van der Waals surface area contributed by atoms with Crippen LogP contribution in [-0.4, -0.2) is 51.4 Å². The van der Waals surface area contributed by atoms with Crippen LogP contribution < -0.4 is 10.0 Å². The Hall–Kier alpha value is -2.16. The number of H-pyrrole nitrogens is 1. The Balaban J connectivity index is 1.76. The number of aromatic amines is 1. The van der Waals surface area contributed by atoms with Gasteiger partial charge in [0.25, 0.3) is 5.91 Å². The lowest BCUT2D eigenvalue weighted by Crippen LogP contribution is -2.31. The van der Waals surface area contributed by atoms with Crippen molar-refractivity contribution in [2.45, 2.75) is 18.4 Å². The number of rotatable bonds is 8. The van der Waals surface area contributed by atoms with E-state index in [4.69, 9.17) is 0 Å². The second-order valence-corrected chi connectivity index (χ2v) is 7.75. The second kappa shape index (κ2) is 8.28. The maximum Gasteiger partial charge on any atom is 0.269 e. The molecule has 0 aliphatic carbocycles. The van der Waals surface area contributed by atoms with Gasteiger partial charge in [-0.3, -0.25) is 4.79 Å². The van der Waals surface area contributed by atoms with Crippen molar-refractivity contribution < 1.29 is 13.2 Å². The van der Waals surface area contributed by atoms with Crippen LogP contribution in [0.5, 0.6) is 0 Å². The van der Waals surface area contributed by atoms with Crippen molar-refractivity contribution in [3.63, 3.8) is 0 Å². The van der Waals surface area contributed by atoms with Gasteiger partial charge in [-0.1, -0.05) is 17.7 Å². The van der Waals surface area contributed by atoms with Gasteiger partial charge in [0.05, 0.1) is 4.90 Å². The Bertz CT molecular complexity index is 811. The van der Waals surface area contributed by atoms with Crippen molar-refractivity contribution in [2.24, 2.45) is 0 Å². The molecule has 0 bridgehead atoms. The summed E-state index contributed by atoms with van der Waals surface area (Å²) in [6, 6.07) is 10.3. The lowest BCUT2D eigenvalue weighted by atomic mass is 10.2. The molecule has 0 aliphatic rings. The van der Waals surface area contributed by atoms with Gasteiger partial charge in [0.1, 0.15) is 5.69 Å². The zero-order valence-corrected chi connectivity index (χ0v) is 15.5. The van der Waals surface area contributed by atoms with E-state index in [2.05, 4.69) is 15.0 Å². The molecule has 2 rings (SSSR count). The molecule has 7 nitrogen and oxygen atoms in total. The van der Waals surface area contributed by atoms with Gasteiger partial charge < -0.3 is 15.2 Å². The quantitative estimate of drug-likeness (QED) is 0.611. The lowest BCUT2D eigenvalue weighted by Gasteiger charge is -2.09. The highest BCUT2D eigenvalue weighted by Crippen LogP contribution is 2.09. The number of amides is 1. The zero-order valence-electron chi connectivity index (χ0n) is 14.7. The highest BCUT2D eigenvalue weighted by atomic mass is 32.2. The van der Waals surface area contributed by atoms with Gasteiger partial charge in [-0.05, 0) is 31.2 Å². The zero-order chi connectivity index (χ0) is 18.4. The number of carbonyl (C=O) groups excluding carboxylic acids is 1. The Kier molecular flexibility index (Phi) is 6.35. The average Bonchev–Trinajstić information content (AvgIpc) is 3.02. The third-order valence-electron chi connectivity index (χ3n) is 3.62. The Morgan fingerprint density at radius 3 is 2.40 bits per heavy atom. The maximum absolute atomic E-state index is 12.1. The number of hydrogen-bond donors (Lipinski definition) is 3. The van der Waals surface area contributed by atoms with Crippen molar-refractivity contribution >= 4 is 15.9 Å². The molecule has 0 aliphatic heterocycles. The third-order valence-corrected chi connectivity index (χ3v) is 5.10. The Morgan fingerprint density at radius 1 is 1.08 bits per heavy atom. The van der Waals surface area contributed by atoms with Crippen LogP contribution in [-0.2, 0) is 16.6 Å². The number of aromatic nitrogens is 1. The summed E-state index contributed by atoms with van der Waals surface area (Å²) in [5.74, 6) is -0.0860. The van der Waals surface area contributed by atoms with Crippen LogP contribution in [0.15, 0.2) is 41.3 Å². The topological polar surface area (TPSA) is 94.3 Å². The molecule has 2 aromatic rings. The van der Waals surface area contributed by atoms with Gasteiger partial charge in [-0.25, -0.2) is 13.1 Å². The molecular formula is C17H24N4O3S. The Morgan fingerprint density at radius 2 is 1.76 bits per heavy atom. The van der Waals surface area contributed by atoms with Crippen molar-refractivity contribution in [1.29, 1.82) is 0 Å². The Labute approximate surface area is 148 Å². The molecule has 0 saturated carbocycles. The van der Waals surface area contributed by atoms with Gasteiger partial charge in [0.15, 0.2) is 0 Å². The van der Waals surface area contributed by atoms with Gasteiger partial charge >= 0.3 is 0 Å². The molecule has 0 radical (unpaired) electrons. The first kappa shape index (κ1) is 19.2. The monoisotopic (exact) mass is 364 g/mol. The summed E-state index contributed by atoms with van der Waals surface area (Å²) in [6.45, 7) is 3.18. The predicted octanol–water partition coefficient (Wildman–Crippen LogP) is 1.09. The van der Waals surface area contributed by atoms with E-state index in [1.807, 2.05) is 13.0 Å². The molecule has 1 aromatic heterocycles. The van der Waals surface area contributed by atoms with E-state index in [1.54, 1.807) is 44.4 Å². The molecule has 0 saturated heterocycles. The fourth-order valence-corrected chi connectivity index (χ4v) is 3.24. The van der Waals surface area contributed by atoms with Crippen molar-refractivity contribution in [1.82, 2.24) is 19.9 Å². The SMILES string of the molecule is Cc1ccc(S(=O)(=O)NCCNCc2ccc(C(=O)N(C)C)[nH]2)cc1. The molecule has 0 unspecified atom stereocenters. The molecule has 25 heavy (non-hydrogen) atoms. The lowest BCUT2D eigenvalue weighted by molar-refractivity contribution is 0.0822. The molecule has 0 atom stereocenters. The summed E-state index contributed by atoms with van der Waals surface area (Å²) < 4.78 is 26.8. The van der Waals surface area contributed by atoms with E-state index >= 15 is 0 Å². The van der Waals surface area contributed by atoms with Crippen LogP contribution in [0.3, 0.4) is 0 Å². The molecule has 1 aromatic carbocycles. The van der Waals surface area contributed by atoms with Crippen molar-refractivity contribution in [3.05, 3.63) is 53.3 Å². The van der Waals surface area contributed by atoms with Gasteiger partial charge in [0.2, 0.25) is 10.0 Å². The van der Waals surface area contributed by atoms with Gasteiger partial charge in [-0.15, -0.1) is 0 Å². The van der Waals surface area contributed by atoms with Crippen molar-refractivity contribution in [2.75, 3.05) is 27.2 Å². The summed E-state index contributed by atoms with van der Waals surface area (Å²) in [7, 11) is -0.0954. The minimum Gasteiger partial charge on any atom is -0.353 e. The number of nitrogens with zero attached hydrogens (tertiary/aromatic N) is 1. The van der Waals surface area contributed by atoms with E-state index < -0.39 is 10.0 Å². The van der Waals surface area contributed by atoms with E-state index in [0.717, 1.165) is 11.3 Å². The van der Waals surface area contributed by atoms with Crippen LogP contribution in [0, 0.1) is 6.92 Å². The molecule has 8 heteroatoms. The van der Waals surface area contributed by atoms with Crippen molar-refractivity contribution in [3.8, 4) is 0 Å². The first-order chi connectivity index (χ1) is 11.8. The first-order valence-corrected chi connectivity index (χ1v) is 9.44. The van der Waals surface area contributed by atoms with Crippen LogP contribution in [0.25, 0.3) is 0 Å². The highest BCUT2D eigenvalue weighted by molar-refractivity contribution is 7.89. The number of aryl methyl sites for hydroxylation is 1. The summed E-state index contributed by atoms with van der Waals surface area (Å²) in [5, 5.41) is 3.13. The van der Waals surface area contributed by atoms with Crippen LogP contribution in [0.4, 0.5) is 0 Å². The predicted molar refractivity (Wildman–Crippen MR) is 96.9 cm³/mol. The smallest absolute Gasteiger partial charge is 0.269 e. The fraction of sp³-hybridized carbons (Fsp3) is 0.353. The second-order valence-electron chi connectivity index (χ2n) is 5.98. The third kappa shape index (κ3) is 5.42. The normalized spacial score (nSPS) is 11.5. The number of benzene rings is 1. The molecule has 0 spiro atoms. The summed E-state index contributed by atoms with van der Waals surface area (Å²) in [5.41, 5.74) is 2.41. The largest absolute Gasteiger partial charge is 0.353 e. The van der Waals surface area contributed by atoms with E-state index in [1.165, 1.54) is 4.90 Å². The van der Waals surface area contributed by atoms with Gasteiger partial charge in [-0.2, -0.15) is 0 Å². The molecule has 1 heterocycles. The highest BCUT2D eigenvalue weighted by Gasteiger charge is 2.13. The summed E-state index contributed by atoms with van der Waals surface area (Å²) in [6.07, 6.45) is 0. The molecule has 0 fully saturated rings. The average molecular weight is 364 g/mol. The minimum absolute atomic E-state index is 0.0860. The number of nitrogens with one attached hydrogen (secondary N) is 3. The van der Waals surface area contributed by atoms with Crippen LogP contribution >= 0.6 is 0 Å². The molecular weight excluding hydrogens is 340 g/mol. The van der Waals surface area contributed by atoms with E-state index in [9.17, 15) is 13.2 Å². The molecule has 3 N–H and O–H groups in total. The maximum atomic E-state index is 12.1. The van der Waals surface area contributed by atoms with Crippen LogP contribution in [0.2, 0.25) is 0 Å². The number of sulfonamides is 1. The van der Waals surface area contributed by atoms with E-state index in [0.29, 0.717) is 18.8 Å². The molecule has 136 valence electrons. The van der Waals surface area contributed by atoms with Crippen LogP contribution in [0.1, 0.15) is 21.7 Å². The first-order valence-electron chi connectivity index (χ1n) is 7.96. The van der Waals surface area contributed by atoms with Gasteiger partial charge in [0, 0.05) is 39.4 Å². The molecule has 1 amide bonds. The standard InChI is InChI=1S/C17H24N4O3S/c1-13-4-7-15(8-5-13)25(23,24)19-11-10-18-12-14-6-9-16(20-14)17(22)21(2)3/h4-9,18-20H,10-12H2,1-3H3. The summed E-state index contributed by atoms with van der Waals surface area (Å²) in [4.78, 5) is 16.6. The fourth-order valence-electron chi connectivity index (χ4n) is 2.21. The minimum atomic E-state index is -3.49. The summed E-state index contributed by atoms with van der Waals surface area (Å²) >= 11 is 0. The van der Waals surface area contributed by atoms with E-state index in [-0.39, 0.29) is 17.3 Å². The number of carbonyl (C=O) groups is 1. The number of hydrogen-bond acceptors (Lipinski definition) is 4.